The summed E-state index contributed by atoms with van der Waals surface area (Å²) >= 11 is 8.70. The molecule has 1 fully saturated rings. The van der Waals surface area contributed by atoms with E-state index in [0.717, 1.165) is 10.0 Å². The molecule has 3 rings (SSSR count). The monoisotopic (exact) mass is 459 g/mol. The van der Waals surface area contributed by atoms with Gasteiger partial charge in [-0.15, -0.1) is 0 Å². The van der Waals surface area contributed by atoms with Crippen molar-refractivity contribution in [2.45, 2.75) is 6.04 Å². The third-order valence-corrected chi connectivity index (χ3v) is 5.06. The van der Waals surface area contributed by atoms with E-state index in [2.05, 4.69) is 38.5 Å². The van der Waals surface area contributed by atoms with E-state index in [9.17, 15) is 9.59 Å². The molecule has 144 valence electrons. The minimum absolute atomic E-state index is 0.273. The number of anilines is 1. The summed E-state index contributed by atoms with van der Waals surface area (Å²) in [6.07, 6.45) is 0. The number of hydrogen-bond donors (Lipinski definition) is 3. The van der Waals surface area contributed by atoms with Crippen LogP contribution in [0.5, 0.6) is 0 Å². The van der Waals surface area contributed by atoms with Crippen LogP contribution in [0.4, 0.5) is 5.69 Å². The lowest BCUT2D eigenvalue weighted by Gasteiger charge is -2.35. The second-order valence-corrected chi connectivity index (χ2v) is 7.48. The Kier molecular flexibility index (Phi) is 6.11. The zero-order valence-electron chi connectivity index (χ0n) is 15.0. The highest BCUT2D eigenvalue weighted by molar-refractivity contribution is 9.10. The molecule has 2 aromatic carbocycles. The molecule has 1 aliphatic rings. The molecule has 1 saturated heterocycles. The number of hydrogen-bond acceptors (Lipinski definition) is 4. The van der Waals surface area contributed by atoms with Crippen LogP contribution < -0.4 is 16.0 Å². The fraction of sp³-hybridized carbons (Fsp3) is 0.150. The summed E-state index contributed by atoms with van der Waals surface area (Å²) in [5, 5.41) is 9.28. The predicted octanol–water partition coefficient (Wildman–Crippen LogP) is 3.52. The van der Waals surface area contributed by atoms with Gasteiger partial charge in [0.25, 0.3) is 0 Å². The maximum absolute atomic E-state index is 13.2. The van der Waals surface area contributed by atoms with E-state index in [4.69, 9.17) is 17.0 Å². The molecule has 0 aromatic heterocycles. The lowest BCUT2D eigenvalue weighted by atomic mass is 9.88. The Labute approximate surface area is 176 Å². The maximum Gasteiger partial charge on any atom is 0.339 e. The average Bonchev–Trinajstić information content (AvgIpc) is 2.67. The third-order valence-electron chi connectivity index (χ3n) is 4.35. The number of benzene rings is 2. The second-order valence-electron chi connectivity index (χ2n) is 6.16. The van der Waals surface area contributed by atoms with Gasteiger partial charge in [-0.05, 0) is 42.0 Å². The average molecular weight is 460 g/mol. The first kappa shape index (κ1) is 20.0. The number of nitrogens with one attached hydrogen (secondary N) is 3. The summed E-state index contributed by atoms with van der Waals surface area (Å²) in [5.41, 5.74) is 1.99. The molecule has 8 heteroatoms. The first-order valence-corrected chi connectivity index (χ1v) is 9.61. The predicted molar refractivity (Wildman–Crippen MR) is 115 cm³/mol. The van der Waals surface area contributed by atoms with E-state index in [0.29, 0.717) is 16.5 Å². The van der Waals surface area contributed by atoms with Crippen molar-refractivity contribution in [1.82, 2.24) is 10.6 Å². The Bertz CT molecular complexity index is 963. The number of thiocarbonyl (C=S) groups is 1. The van der Waals surface area contributed by atoms with Gasteiger partial charge in [0.05, 0.1) is 24.4 Å². The summed E-state index contributed by atoms with van der Waals surface area (Å²) in [6, 6.07) is 13.9. The maximum atomic E-state index is 13.2. The van der Waals surface area contributed by atoms with Gasteiger partial charge in [-0.3, -0.25) is 4.79 Å². The molecule has 3 N–H and O–H groups in total. The Morgan fingerprint density at radius 2 is 1.96 bits per heavy atom. The molecule has 0 spiro atoms. The number of ether oxygens (including phenoxy) is 1. The number of para-hydroxylation sites is 1. The highest BCUT2D eigenvalue weighted by atomic mass is 79.9. The van der Waals surface area contributed by atoms with Crippen molar-refractivity contribution in [2.24, 2.45) is 5.92 Å². The zero-order valence-corrected chi connectivity index (χ0v) is 17.4. The molecule has 0 aliphatic carbocycles. The van der Waals surface area contributed by atoms with Crippen LogP contribution in [0.15, 0.2) is 65.3 Å². The van der Waals surface area contributed by atoms with Crippen molar-refractivity contribution in [3.8, 4) is 0 Å². The Morgan fingerprint density at radius 1 is 1.21 bits per heavy atom. The molecule has 0 unspecified atom stereocenters. The second kappa shape index (κ2) is 8.53. The minimum Gasteiger partial charge on any atom is -0.465 e. The lowest BCUT2D eigenvalue weighted by molar-refractivity contribution is -0.119. The van der Waals surface area contributed by atoms with Crippen LogP contribution in [-0.4, -0.2) is 24.1 Å². The van der Waals surface area contributed by atoms with Crippen molar-refractivity contribution in [1.29, 1.82) is 0 Å². The van der Waals surface area contributed by atoms with E-state index in [1.54, 1.807) is 24.3 Å². The molecule has 28 heavy (non-hydrogen) atoms. The van der Waals surface area contributed by atoms with Gasteiger partial charge in [-0.25, -0.2) is 4.79 Å². The third kappa shape index (κ3) is 4.23. The Morgan fingerprint density at radius 3 is 2.68 bits per heavy atom. The van der Waals surface area contributed by atoms with Crippen LogP contribution in [-0.2, 0) is 9.53 Å². The van der Waals surface area contributed by atoms with Crippen LogP contribution in [0.25, 0.3) is 0 Å². The SMILES string of the molecule is C=C1NC(=S)N[C@@H](c2cccc(Br)c2)[C@H]1C(=O)Nc1ccccc1C(=O)OC. The van der Waals surface area contributed by atoms with Gasteiger partial charge in [0.15, 0.2) is 5.11 Å². The summed E-state index contributed by atoms with van der Waals surface area (Å²) in [6.45, 7) is 3.98. The topological polar surface area (TPSA) is 79.5 Å². The molecular formula is C20H18BrN3O3S. The van der Waals surface area contributed by atoms with Gasteiger partial charge in [-0.2, -0.15) is 0 Å². The van der Waals surface area contributed by atoms with E-state index in [-0.39, 0.29) is 11.5 Å². The molecule has 6 nitrogen and oxygen atoms in total. The Balaban J connectivity index is 1.93. The van der Waals surface area contributed by atoms with Crippen molar-refractivity contribution in [2.75, 3.05) is 12.4 Å². The molecule has 1 aliphatic heterocycles. The molecule has 0 bridgehead atoms. The van der Waals surface area contributed by atoms with Crippen LogP contribution in [0.1, 0.15) is 22.0 Å². The minimum atomic E-state index is -0.660. The molecule has 2 atom stereocenters. The highest BCUT2D eigenvalue weighted by Crippen LogP contribution is 2.32. The van der Waals surface area contributed by atoms with Gasteiger partial charge in [0.1, 0.15) is 5.92 Å². The van der Waals surface area contributed by atoms with Crippen LogP contribution in [0.3, 0.4) is 0 Å². The fourth-order valence-electron chi connectivity index (χ4n) is 3.06. The first-order valence-electron chi connectivity index (χ1n) is 8.40. The fourth-order valence-corrected chi connectivity index (χ4v) is 3.74. The molecule has 1 heterocycles. The number of amides is 1. The van der Waals surface area contributed by atoms with Crippen molar-refractivity contribution in [3.05, 3.63) is 76.4 Å². The standard InChI is InChI=1S/C20H18BrN3O3S/c1-11-16(17(24-20(28)22-11)12-6-5-7-13(21)10-12)18(25)23-15-9-4-3-8-14(15)19(26)27-2/h3-10,16-17H,1H2,2H3,(H,23,25)(H2,22,24,28)/t16-,17-/m0/s1. The van der Waals surface area contributed by atoms with Crippen molar-refractivity contribution >= 4 is 50.8 Å². The van der Waals surface area contributed by atoms with Gasteiger partial charge in [0.2, 0.25) is 5.91 Å². The first-order chi connectivity index (χ1) is 13.4. The smallest absolute Gasteiger partial charge is 0.339 e. The summed E-state index contributed by atoms with van der Waals surface area (Å²) in [7, 11) is 1.29. The number of rotatable bonds is 4. The number of carbonyl (C=O) groups is 2. The van der Waals surface area contributed by atoms with Crippen LogP contribution in [0, 0.1) is 5.92 Å². The number of carbonyl (C=O) groups excluding carboxylic acids is 2. The quantitative estimate of drug-likeness (QED) is 0.479. The largest absolute Gasteiger partial charge is 0.465 e. The van der Waals surface area contributed by atoms with E-state index >= 15 is 0 Å². The van der Waals surface area contributed by atoms with Gasteiger partial charge < -0.3 is 20.7 Å². The van der Waals surface area contributed by atoms with Crippen LogP contribution in [0.2, 0.25) is 0 Å². The highest BCUT2D eigenvalue weighted by Gasteiger charge is 2.37. The van der Waals surface area contributed by atoms with E-state index < -0.39 is 17.9 Å². The summed E-state index contributed by atoms with van der Waals surface area (Å²) < 4.78 is 5.67. The van der Waals surface area contributed by atoms with Gasteiger partial charge in [-0.1, -0.05) is 46.8 Å². The van der Waals surface area contributed by atoms with Gasteiger partial charge in [0, 0.05) is 10.2 Å². The van der Waals surface area contributed by atoms with E-state index in [1.807, 2.05) is 24.3 Å². The molecule has 0 saturated carbocycles. The summed E-state index contributed by atoms with van der Waals surface area (Å²) in [5.74, 6) is -1.51. The van der Waals surface area contributed by atoms with Crippen molar-refractivity contribution < 1.29 is 14.3 Å². The normalized spacial score (nSPS) is 18.6. The number of esters is 1. The van der Waals surface area contributed by atoms with E-state index in [1.165, 1.54) is 7.11 Å². The molecule has 2 aromatic rings. The van der Waals surface area contributed by atoms with Crippen molar-refractivity contribution in [3.63, 3.8) is 0 Å². The number of methoxy groups -OCH3 is 1. The zero-order chi connectivity index (χ0) is 20.3. The molecule has 1 amide bonds. The van der Waals surface area contributed by atoms with Gasteiger partial charge >= 0.3 is 5.97 Å². The lowest BCUT2D eigenvalue weighted by Crippen LogP contribution is -2.51. The number of halogens is 1. The summed E-state index contributed by atoms with van der Waals surface area (Å²) in [4.78, 5) is 25.1. The van der Waals surface area contributed by atoms with Crippen LogP contribution >= 0.6 is 28.1 Å². The molecule has 0 radical (unpaired) electrons. The molecular weight excluding hydrogens is 442 g/mol. The Hall–Kier alpha value is -2.71.